The third kappa shape index (κ3) is 6.41. The second-order valence-electron chi connectivity index (χ2n) is 7.19. The highest BCUT2D eigenvalue weighted by Crippen LogP contribution is 2.31. The number of carbonyl (C=O) groups excluding carboxylic acids is 1. The van der Waals surface area contributed by atoms with Crippen molar-refractivity contribution in [3.8, 4) is 0 Å². The number of carbonyl (C=O) groups is 1. The highest BCUT2D eigenvalue weighted by atomic mass is 35.5. The van der Waals surface area contributed by atoms with Crippen molar-refractivity contribution < 1.29 is 9.18 Å². The minimum atomic E-state index is -0.352. The minimum Gasteiger partial charge on any atom is -0.309 e. The van der Waals surface area contributed by atoms with Gasteiger partial charge in [-0.25, -0.2) is 9.37 Å². The molecule has 1 heterocycles. The number of hydrogen-bond acceptors (Lipinski definition) is 5. The Balaban J connectivity index is 1.63. The van der Waals surface area contributed by atoms with E-state index < -0.39 is 0 Å². The molecule has 0 aliphatic rings. The van der Waals surface area contributed by atoms with Gasteiger partial charge >= 0.3 is 0 Å². The van der Waals surface area contributed by atoms with Gasteiger partial charge in [0.2, 0.25) is 5.91 Å². The summed E-state index contributed by atoms with van der Waals surface area (Å²) in [6, 6.07) is 12.6. The molecule has 0 atom stereocenters. The van der Waals surface area contributed by atoms with Crippen molar-refractivity contribution in [3.05, 3.63) is 53.3 Å². The van der Waals surface area contributed by atoms with Gasteiger partial charge in [0.25, 0.3) is 0 Å². The molecule has 1 aromatic heterocycles. The lowest BCUT2D eigenvalue weighted by molar-refractivity contribution is -0.118. The van der Waals surface area contributed by atoms with E-state index in [-0.39, 0.29) is 11.7 Å². The molecule has 0 radical (unpaired) electrons. The van der Waals surface area contributed by atoms with Crippen LogP contribution in [0.5, 0.6) is 0 Å². The summed E-state index contributed by atoms with van der Waals surface area (Å²) in [5, 5.41) is 1.29. The van der Waals surface area contributed by atoms with Gasteiger partial charge in [-0.1, -0.05) is 29.0 Å². The van der Waals surface area contributed by atoms with Gasteiger partial charge in [-0.3, -0.25) is 9.69 Å². The van der Waals surface area contributed by atoms with Crippen molar-refractivity contribution in [2.75, 3.05) is 37.8 Å². The summed E-state index contributed by atoms with van der Waals surface area (Å²) in [6.45, 7) is 1.44. The summed E-state index contributed by atoms with van der Waals surface area (Å²) in [4.78, 5) is 22.4. The molecule has 0 saturated heterocycles. The number of aromatic nitrogens is 1. The Morgan fingerprint density at radius 2 is 1.90 bits per heavy atom. The van der Waals surface area contributed by atoms with Gasteiger partial charge in [-0.15, -0.1) is 11.8 Å². The van der Waals surface area contributed by atoms with Crippen LogP contribution in [0.1, 0.15) is 19.3 Å². The van der Waals surface area contributed by atoms with Crippen molar-refractivity contribution in [2.24, 2.45) is 0 Å². The third-order valence-corrected chi connectivity index (χ3v) is 6.89. The van der Waals surface area contributed by atoms with Crippen molar-refractivity contribution in [2.45, 2.75) is 24.2 Å². The number of nitrogens with zero attached hydrogens (tertiary/aromatic N) is 3. The molecule has 0 fully saturated rings. The molecule has 0 aliphatic carbocycles. The van der Waals surface area contributed by atoms with Crippen molar-refractivity contribution in [3.63, 3.8) is 0 Å². The molecule has 0 bridgehead atoms. The highest BCUT2D eigenvalue weighted by molar-refractivity contribution is 7.99. The second-order valence-corrected chi connectivity index (χ2v) is 9.81. The van der Waals surface area contributed by atoms with Crippen molar-refractivity contribution in [1.82, 2.24) is 9.88 Å². The summed E-state index contributed by atoms with van der Waals surface area (Å²) >= 11 is 8.99. The van der Waals surface area contributed by atoms with E-state index in [1.165, 1.54) is 17.4 Å². The van der Waals surface area contributed by atoms with Crippen LogP contribution in [0, 0.1) is 5.82 Å². The van der Waals surface area contributed by atoms with E-state index >= 15 is 0 Å². The Bertz CT molecular complexity index is 978. The summed E-state index contributed by atoms with van der Waals surface area (Å²) in [6.07, 6.45) is 2.02. The Kier molecular flexibility index (Phi) is 8.50. The second kappa shape index (κ2) is 11.1. The molecule has 30 heavy (non-hydrogen) atoms. The molecule has 160 valence electrons. The maximum Gasteiger partial charge on any atom is 0.228 e. The number of fused-ring (bicyclic) bond motifs is 1. The van der Waals surface area contributed by atoms with E-state index in [0.29, 0.717) is 23.6 Å². The van der Waals surface area contributed by atoms with Gasteiger partial charge in [0.1, 0.15) is 11.3 Å². The van der Waals surface area contributed by atoms with Crippen LogP contribution < -0.4 is 4.90 Å². The Morgan fingerprint density at radius 3 is 2.60 bits per heavy atom. The quantitative estimate of drug-likeness (QED) is 0.274. The predicted molar refractivity (Wildman–Crippen MR) is 127 cm³/mol. The normalized spacial score (nSPS) is 11.4. The van der Waals surface area contributed by atoms with E-state index in [0.717, 1.165) is 39.8 Å². The summed E-state index contributed by atoms with van der Waals surface area (Å²) < 4.78 is 14.8. The van der Waals surface area contributed by atoms with E-state index in [2.05, 4.69) is 9.88 Å². The van der Waals surface area contributed by atoms with E-state index in [4.69, 9.17) is 11.6 Å². The number of thioether (sulfide) groups is 1. The number of benzene rings is 2. The molecule has 0 aliphatic heterocycles. The molecule has 0 saturated carbocycles. The zero-order chi connectivity index (χ0) is 21.5. The fourth-order valence-electron chi connectivity index (χ4n) is 2.97. The van der Waals surface area contributed by atoms with Crippen LogP contribution >= 0.6 is 34.7 Å². The molecule has 1 amide bonds. The first-order valence-electron chi connectivity index (χ1n) is 9.82. The molecular weight excluding hydrogens is 441 g/mol. The Labute approximate surface area is 190 Å². The van der Waals surface area contributed by atoms with Gasteiger partial charge in [0, 0.05) is 22.9 Å². The van der Waals surface area contributed by atoms with Crippen LogP contribution in [0.4, 0.5) is 9.52 Å². The first kappa shape index (κ1) is 23.0. The molecule has 0 unspecified atom stereocenters. The predicted octanol–water partition coefficient (Wildman–Crippen LogP) is 5.95. The molecule has 2 aromatic carbocycles. The monoisotopic (exact) mass is 465 g/mol. The van der Waals surface area contributed by atoms with Gasteiger partial charge in [-0.2, -0.15) is 0 Å². The fourth-order valence-corrected chi connectivity index (χ4v) is 4.97. The molecule has 0 spiro atoms. The average Bonchev–Trinajstić information content (AvgIpc) is 3.15. The first-order valence-corrected chi connectivity index (χ1v) is 12.0. The van der Waals surface area contributed by atoms with E-state index in [9.17, 15) is 9.18 Å². The van der Waals surface area contributed by atoms with Crippen molar-refractivity contribution in [1.29, 1.82) is 0 Å². The van der Waals surface area contributed by atoms with Gasteiger partial charge in [-0.05, 0) is 75.6 Å². The number of anilines is 1. The lowest BCUT2D eigenvalue weighted by Gasteiger charge is -2.21. The van der Waals surface area contributed by atoms with Crippen LogP contribution in [0.25, 0.3) is 10.2 Å². The summed E-state index contributed by atoms with van der Waals surface area (Å²) in [5.41, 5.74) is 0.334. The maximum absolute atomic E-state index is 14.1. The molecule has 4 nitrogen and oxygen atoms in total. The van der Waals surface area contributed by atoms with Crippen LogP contribution in [0.15, 0.2) is 47.4 Å². The summed E-state index contributed by atoms with van der Waals surface area (Å²) in [7, 11) is 4.01. The maximum atomic E-state index is 14.1. The highest BCUT2D eigenvalue weighted by Gasteiger charge is 2.20. The molecule has 8 heteroatoms. The largest absolute Gasteiger partial charge is 0.309 e. The minimum absolute atomic E-state index is 0.0323. The van der Waals surface area contributed by atoms with E-state index in [1.807, 2.05) is 44.4 Å². The average molecular weight is 466 g/mol. The molecule has 3 aromatic rings. The molecule has 3 rings (SSSR count). The van der Waals surface area contributed by atoms with Crippen LogP contribution in [-0.4, -0.2) is 48.7 Å². The standard InChI is InChI=1S/C22H25ClFN3OS2/c1-26(2)13-5-14-27(22-25-21-18(24)6-3-7-19(21)30-22)20(28)8-4-15-29-17-11-9-16(23)10-12-17/h3,6-7,9-12H,4-5,8,13-15H2,1-2H3. The van der Waals surface area contributed by atoms with Crippen LogP contribution in [0.3, 0.4) is 0 Å². The topological polar surface area (TPSA) is 36.4 Å². The van der Waals surface area contributed by atoms with Gasteiger partial charge in [0.15, 0.2) is 5.13 Å². The third-order valence-electron chi connectivity index (χ3n) is 4.49. The zero-order valence-electron chi connectivity index (χ0n) is 17.1. The smallest absolute Gasteiger partial charge is 0.228 e. The SMILES string of the molecule is CN(C)CCCN(C(=O)CCCSc1ccc(Cl)cc1)c1nc2c(F)cccc2s1. The number of amides is 1. The number of para-hydroxylation sites is 1. The number of rotatable bonds is 10. The van der Waals surface area contributed by atoms with Crippen LogP contribution in [0.2, 0.25) is 5.02 Å². The van der Waals surface area contributed by atoms with Gasteiger partial charge < -0.3 is 4.90 Å². The summed E-state index contributed by atoms with van der Waals surface area (Å²) in [5.74, 6) is 0.521. The number of halogens is 2. The van der Waals surface area contributed by atoms with E-state index in [1.54, 1.807) is 22.7 Å². The lowest BCUT2D eigenvalue weighted by atomic mass is 10.3. The fraction of sp³-hybridized carbons (Fsp3) is 0.364. The number of hydrogen-bond donors (Lipinski definition) is 0. The van der Waals surface area contributed by atoms with Gasteiger partial charge in [0.05, 0.1) is 4.70 Å². The van der Waals surface area contributed by atoms with Crippen molar-refractivity contribution >= 4 is 56.0 Å². The zero-order valence-corrected chi connectivity index (χ0v) is 19.5. The number of thiazole rings is 1. The molecular formula is C22H25ClFN3OS2. The Morgan fingerprint density at radius 1 is 1.13 bits per heavy atom. The lowest BCUT2D eigenvalue weighted by Crippen LogP contribution is -2.33. The Hall–Kier alpha value is -1.67. The first-order chi connectivity index (χ1) is 14.4. The van der Waals surface area contributed by atoms with Crippen LogP contribution in [-0.2, 0) is 4.79 Å². The molecule has 0 N–H and O–H groups in total.